The molecule has 0 aromatic heterocycles. The van der Waals surface area contributed by atoms with Crippen molar-refractivity contribution in [3.8, 4) is 0 Å². The largest absolute Gasteiger partial charge is 0.306 e. The van der Waals surface area contributed by atoms with Crippen LogP contribution < -0.4 is 5.32 Å². The fourth-order valence-electron chi connectivity index (χ4n) is 2.04. The average molecular weight is 258 g/mol. The van der Waals surface area contributed by atoms with Crippen molar-refractivity contribution in [1.82, 2.24) is 5.32 Å². The molecule has 0 unspecified atom stereocenters. The summed E-state index contributed by atoms with van der Waals surface area (Å²) in [5.41, 5.74) is 2.52. The number of hydrogen-bond donors (Lipinski definition) is 1. The molecule has 0 radical (unpaired) electrons. The van der Waals surface area contributed by atoms with Crippen LogP contribution in [-0.4, -0.2) is 11.4 Å². The zero-order chi connectivity index (χ0) is 11.6. The molecule has 0 heterocycles. The lowest BCUT2D eigenvalue weighted by Crippen LogP contribution is -2.52. The fourth-order valence-corrected chi connectivity index (χ4v) is 2.70. The Kier molecular flexibility index (Phi) is 3.78. The van der Waals surface area contributed by atoms with Crippen LogP contribution in [0.25, 0.3) is 0 Å². The first-order valence-electron chi connectivity index (χ1n) is 5.71. The number of rotatable bonds is 4. The molecular weight excluding hydrogens is 241 g/mol. The van der Waals surface area contributed by atoms with E-state index in [-0.39, 0.29) is 5.54 Å². The Morgan fingerprint density at radius 1 is 1.38 bits per heavy atom. The Morgan fingerprint density at radius 3 is 2.62 bits per heavy atom. The zero-order valence-electron chi connectivity index (χ0n) is 9.52. The first-order valence-corrected chi connectivity index (χ1v) is 6.62. The molecule has 0 spiro atoms. The lowest BCUT2D eigenvalue weighted by molar-refractivity contribution is 0.211. The maximum Gasteiger partial charge on any atom is 0.0453 e. The highest BCUT2D eigenvalue weighted by molar-refractivity contribution is 6.31. The number of benzene rings is 1. The van der Waals surface area contributed by atoms with Gasteiger partial charge in [-0.15, -0.1) is 11.6 Å². The summed E-state index contributed by atoms with van der Waals surface area (Å²) in [4.78, 5) is 0. The van der Waals surface area contributed by atoms with E-state index in [1.807, 2.05) is 6.07 Å². The normalized spacial score (nSPS) is 18.2. The van der Waals surface area contributed by atoms with Gasteiger partial charge in [-0.2, -0.15) is 0 Å². The van der Waals surface area contributed by atoms with Crippen LogP contribution >= 0.6 is 23.2 Å². The highest BCUT2D eigenvalue weighted by Gasteiger charge is 2.35. The van der Waals surface area contributed by atoms with E-state index in [0.29, 0.717) is 5.88 Å². The molecule has 1 aromatic rings. The molecule has 2 rings (SSSR count). The molecule has 0 saturated heterocycles. The van der Waals surface area contributed by atoms with Crippen molar-refractivity contribution in [3.05, 3.63) is 34.3 Å². The summed E-state index contributed by atoms with van der Waals surface area (Å²) in [5.74, 6) is 0.691. The van der Waals surface area contributed by atoms with Crippen LogP contribution in [0.2, 0.25) is 5.02 Å². The first-order chi connectivity index (χ1) is 7.65. The van der Waals surface area contributed by atoms with E-state index < -0.39 is 0 Å². The Morgan fingerprint density at radius 2 is 2.12 bits per heavy atom. The summed E-state index contributed by atoms with van der Waals surface area (Å²) in [6, 6.07) is 6.19. The summed E-state index contributed by atoms with van der Waals surface area (Å²) in [5, 5.41) is 4.39. The van der Waals surface area contributed by atoms with Crippen molar-refractivity contribution in [3.63, 3.8) is 0 Å². The zero-order valence-corrected chi connectivity index (χ0v) is 11.0. The summed E-state index contributed by atoms with van der Waals surface area (Å²) in [6.45, 7) is 2.86. The maximum absolute atomic E-state index is 6.19. The van der Waals surface area contributed by atoms with Gasteiger partial charge in [0.2, 0.25) is 0 Å². The molecule has 0 aliphatic heterocycles. The van der Waals surface area contributed by atoms with E-state index in [0.717, 1.165) is 17.1 Å². The van der Waals surface area contributed by atoms with E-state index in [4.69, 9.17) is 23.2 Å². The van der Waals surface area contributed by atoms with Crippen LogP contribution in [0.1, 0.15) is 30.4 Å². The Hall–Kier alpha value is -0.240. The van der Waals surface area contributed by atoms with Gasteiger partial charge in [0, 0.05) is 23.0 Å². The molecule has 1 N–H and O–H groups in total. The maximum atomic E-state index is 6.19. The van der Waals surface area contributed by atoms with Crippen molar-refractivity contribution in [2.75, 3.05) is 5.88 Å². The number of halogens is 2. The lowest BCUT2D eigenvalue weighted by Gasteiger charge is -2.41. The number of nitrogens with one attached hydrogen (secondary N) is 1. The molecule has 1 saturated carbocycles. The second kappa shape index (κ2) is 4.95. The van der Waals surface area contributed by atoms with Crippen LogP contribution in [0.15, 0.2) is 18.2 Å². The van der Waals surface area contributed by atoms with Crippen LogP contribution in [0.5, 0.6) is 0 Å². The van der Waals surface area contributed by atoms with Gasteiger partial charge in [0.15, 0.2) is 0 Å². The van der Waals surface area contributed by atoms with Gasteiger partial charge in [0.05, 0.1) is 0 Å². The van der Waals surface area contributed by atoms with E-state index in [9.17, 15) is 0 Å². The minimum Gasteiger partial charge on any atom is -0.306 e. The van der Waals surface area contributed by atoms with E-state index >= 15 is 0 Å². The van der Waals surface area contributed by atoms with E-state index in [2.05, 4.69) is 24.4 Å². The van der Waals surface area contributed by atoms with Crippen molar-refractivity contribution in [1.29, 1.82) is 0 Å². The second-order valence-corrected chi connectivity index (χ2v) is 5.39. The quantitative estimate of drug-likeness (QED) is 0.807. The number of hydrogen-bond acceptors (Lipinski definition) is 1. The Bertz CT molecular complexity index is 367. The standard InChI is InChI=1S/C13H17Cl2N/c1-10-3-4-11(12(15)7-10)8-16-13(9-14)5-2-6-13/h3-4,7,16H,2,5-6,8-9H2,1H3. The SMILES string of the molecule is Cc1ccc(CNC2(CCl)CCC2)c(Cl)c1. The van der Waals surface area contributed by atoms with Gasteiger partial charge in [-0.25, -0.2) is 0 Å². The van der Waals surface area contributed by atoms with E-state index in [1.165, 1.54) is 24.8 Å². The van der Waals surface area contributed by atoms with Crippen LogP contribution in [0, 0.1) is 6.92 Å². The van der Waals surface area contributed by atoms with Crippen molar-refractivity contribution >= 4 is 23.2 Å². The molecule has 3 heteroatoms. The highest BCUT2D eigenvalue weighted by Crippen LogP contribution is 2.33. The average Bonchev–Trinajstić information content (AvgIpc) is 2.19. The Balaban J connectivity index is 1.99. The third-order valence-corrected chi connectivity index (χ3v) is 4.29. The molecule has 1 aliphatic rings. The predicted molar refractivity (Wildman–Crippen MR) is 70.3 cm³/mol. The van der Waals surface area contributed by atoms with Crippen LogP contribution in [0.4, 0.5) is 0 Å². The van der Waals surface area contributed by atoms with Crippen molar-refractivity contribution in [2.24, 2.45) is 0 Å². The molecule has 1 fully saturated rings. The summed E-state index contributed by atoms with van der Waals surface area (Å²) in [6.07, 6.45) is 3.64. The van der Waals surface area contributed by atoms with Gasteiger partial charge >= 0.3 is 0 Å². The minimum atomic E-state index is 0.162. The molecule has 0 atom stereocenters. The smallest absolute Gasteiger partial charge is 0.0453 e. The van der Waals surface area contributed by atoms with Gasteiger partial charge in [-0.3, -0.25) is 0 Å². The topological polar surface area (TPSA) is 12.0 Å². The second-order valence-electron chi connectivity index (χ2n) is 4.72. The highest BCUT2D eigenvalue weighted by atomic mass is 35.5. The number of aryl methyl sites for hydroxylation is 1. The monoisotopic (exact) mass is 257 g/mol. The fraction of sp³-hybridized carbons (Fsp3) is 0.538. The van der Waals surface area contributed by atoms with E-state index in [1.54, 1.807) is 0 Å². The van der Waals surface area contributed by atoms with Gasteiger partial charge in [-0.05, 0) is 43.4 Å². The molecule has 1 aliphatic carbocycles. The molecule has 0 amide bonds. The Labute approximate surface area is 107 Å². The molecule has 16 heavy (non-hydrogen) atoms. The predicted octanol–water partition coefficient (Wildman–Crippen LogP) is 3.90. The lowest BCUT2D eigenvalue weighted by atomic mass is 9.78. The number of alkyl halides is 1. The summed E-state index contributed by atoms with van der Waals surface area (Å²) in [7, 11) is 0. The van der Waals surface area contributed by atoms with Gasteiger partial charge < -0.3 is 5.32 Å². The van der Waals surface area contributed by atoms with Crippen LogP contribution in [0.3, 0.4) is 0 Å². The summed E-state index contributed by atoms with van der Waals surface area (Å²) >= 11 is 12.2. The minimum absolute atomic E-state index is 0.162. The van der Waals surface area contributed by atoms with Gasteiger partial charge in [0.25, 0.3) is 0 Å². The van der Waals surface area contributed by atoms with Crippen LogP contribution in [-0.2, 0) is 6.54 Å². The summed E-state index contributed by atoms with van der Waals surface area (Å²) < 4.78 is 0. The third-order valence-electron chi connectivity index (χ3n) is 3.43. The molecular formula is C13H17Cl2N. The van der Waals surface area contributed by atoms with Gasteiger partial charge in [-0.1, -0.05) is 23.7 Å². The van der Waals surface area contributed by atoms with Gasteiger partial charge in [0.1, 0.15) is 0 Å². The first kappa shape index (κ1) is 12.2. The van der Waals surface area contributed by atoms with Crippen molar-refractivity contribution < 1.29 is 0 Å². The molecule has 1 nitrogen and oxygen atoms in total. The molecule has 1 aromatic carbocycles. The molecule has 0 bridgehead atoms. The molecule has 88 valence electrons. The third kappa shape index (κ3) is 2.53. The van der Waals surface area contributed by atoms with Crippen molar-refractivity contribution in [2.45, 2.75) is 38.3 Å².